The number of rotatable bonds is 3. The predicted molar refractivity (Wildman–Crippen MR) is 53.4 cm³/mol. The first-order valence-electron chi connectivity index (χ1n) is 4.33. The van der Waals surface area contributed by atoms with Crippen molar-refractivity contribution < 1.29 is 5.11 Å². The second-order valence-electron chi connectivity index (χ2n) is 3.07. The van der Waals surface area contributed by atoms with E-state index in [0.29, 0.717) is 12.0 Å². The molecule has 5 N–H and O–H groups in total. The van der Waals surface area contributed by atoms with E-state index >= 15 is 0 Å². The molecule has 74 valence electrons. The summed E-state index contributed by atoms with van der Waals surface area (Å²) in [6.07, 6.45) is 0.310. The molecule has 0 amide bonds. The smallest absolute Gasteiger partial charge is 0.120 e. The standard InChI is InChI=1S/C10H13N3O/c11-4-3-7-1-2-10(14)8(5-7)9(13)6-12/h1-2,5,9,14H,3,6,12-13H2/t9-/m1/s1. The molecule has 1 rings (SSSR count). The largest absolute Gasteiger partial charge is 0.508 e. The number of benzene rings is 1. The molecule has 4 heteroatoms. The van der Waals surface area contributed by atoms with E-state index in [-0.39, 0.29) is 18.3 Å². The fourth-order valence-electron chi connectivity index (χ4n) is 1.23. The predicted octanol–water partition coefficient (Wildman–Crippen LogP) is 0.417. The maximum absolute atomic E-state index is 9.49. The number of nitrogens with zero attached hydrogens (tertiary/aromatic N) is 1. The van der Waals surface area contributed by atoms with E-state index in [2.05, 4.69) is 0 Å². The summed E-state index contributed by atoms with van der Waals surface area (Å²) in [7, 11) is 0. The molecule has 1 aromatic rings. The fraction of sp³-hybridized carbons (Fsp3) is 0.300. The van der Waals surface area contributed by atoms with Crippen molar-refractivity contribution in [3.05, 3.63) is 29.3 Å². The van der Waals surface area contributed by atoms with Crippen LogP contribution in [0.1, 0.15) is 17.2 Å². The molecule has 1 atom stereocenters. The molecule has 0 aliphatic heterocycles. The maximum atomic E-state index is 9.49. The molecule has 0 unspecified atom stereocenters. The summed E-state index contributed by atoms with van der Waals surface area (Å²) < 4.78 is 0. The van der Waals surface area contributed by atoms with Gasteiger partial charge in [-0.3, -0.25) is 0 Å². The number of nitrogens with two attached hydrogens (primary N) is 2. The van der Waals surface area contributed by atoms with Crippen molar-refractivity contribution in [3.63, 3.8) is 0 Å². The SMILES string of the molecule is N#CCc1ccc(O)c([C@H](N)CN)c1. The van der Waals surface area contributed by atoms with E-state index in [0.717, 1.165) is 5.56 Å². The Labute approximate surface area is 82.8 Å². The Balaban J connectivity index is 3.03. The van der Waals surface area contributed by atoms with Gasteiger partial charge in [0.1, 0.15) is 5.75 Å². The van der Waals surface area contributed by atoms with Crippen LogP contribution < -0.4 is 11.5 Å². The Bertz CT molecular complexity index is 357. The molecule has 0 spiro atoms. The Morgan fingerprint density at radius 1 is 1.50 bits per heavy atom. The minimum atomic E-state index is -0.381. The molecule has 4 nitrogen and oxygen atoms in total. The van der Waals surface area contributed by atoms with E-state index in [1.54, 1.807) is 12.1 Å². The van der Waals surface area contributed by atoms with Crippen LogP contribution in [-0.2, 0) is 6.42 Å². The van der Waals surface area contributed by atoms with Gasteiger partial charge in [-0.25, -0.2) is 0 Å². The molecular formula is C10H13N3O. The minimum Gasteiger partial charge on any atom is -0.508 e. The van der Waals surface area contributed by atoms with Crippen LogP contribution >= 0.6 is 0 Å². The quantitative estimate of drug-likeness (QED) is 0.645. The van der Waals surface area contributed by atoms with Crippen molar-refractivity contribution in [2.24, 2.45) is 11.5 Å². The Hall–Kier alpha value is -1.57. The van der Waals surface area contributed by atoms with E-state index in [1.165, 1.54) is 6.07 Å². The van der Waals surface area contributed by atoms with Gasteiger partial charge >= 0.3 is 0 Å². The zero-order valence-corrected chi connectivity index (χ0v) is 7.77. The van der Waals surface area contributed by atoms with Crippen molar-refractivity contribution in [2.75, 3.05) is 6.54 Å². The van der Waals surface area contributed by atoms with Crippen molar-refractivity contribution in [1.29, 1.82) is 5.26 Å². The molecule has 0 aliphatic carbocycles. The van der Waals surface area contributed by atoms with Gasteiger partial charge in [-0.1, -0.05) is 6.07 Å². The van der Waals surface area contributed by atoms with Gasteiger partial charge in [0.2, 0.25) is 0 Å². The fourth-order valence-corrected chi connectivity index (χ4v) is 1.23. The number of phenolic OH excluding ortho intramolecular Hbond substituents is 1. The van der Waals surface area contributed by atoms with Crippen molar-refractivity contribution in [2.45, 2.75) is 12.5 Å². The Morgan fingerprint density at radius 3 is 2.79 bits per heavy atom. The van der Waals surface area contributed by atoms with Gasteiger partial charge in [-0.2, -0.15) is 5.26 Å². The van der Waals surface area contributed by atoms with Gasteiger partial charge in [0, 0.05) is 18.2 Å². The number of nitriles is 1. The molecule has 0 aromatic heterocycles. The van der Waals surface area contributed by atoms with Gasteiger partial charge in [-0.15, -0.1) is 0 Å². The molecule has 0 fully saturated rings. The molecule has 0 heterocycles. The summed E-state index contributed by atoms with van der Waals surface area (Å²) in [6.45, 7) is 0.267. The van der Waals surface area contributed by atoms with Gasteiger partial charge in [0.25, 0.3) is 0 Å². The maximum Gasteiger partial charge on any atom is 0.120 e. The highest BCUT2D eigenvalue weighted by Crippen LogP contribution is 2.23. The molecule has 0 bridgehead atoms. The van der Waals surface area contributed by atoms with Crippen LogP contribution in [0.5, 0.6) is 5.75 Å². The topological polar surface area (TPSA) is 96.1 Å². The second kappa shape index (κ2) is 4.61. The van der Waals surface area contributed by atoms with E-state index in [4.69, 9.17) is 16.7 Å². The lowest BCUT2D eigenvalue weighted by molar-refractivity contribution is 0.461. The van der Waals surface area contributed by atoms with Crippen LogP contribution in [0.25, 0.3) is 0 Å². The average Bonchev–Trinajstić information content (AvgIpc) is 2.20. The van der Waals surface area contributed by atoms with E-state index < -0.39 is 0 Å². The van der Waals surface area contributed by atoms with Gasteiger partial charge in [-0.05, 0) is 17.7 Å². The third-order valence-corrected chi connectivity index (χ3v) is 2.03. The molecule has 0 radical (unpaired) electrons. The van der Waals surface area contributed by atoms with Gasteiger partial charge in [0.15, 0.2) is 0 Å². The first kappa shape index (κ1) is 10.5. The molecular weight excluding hydrogens is 178 g/mol. The van der Waals surface area contributed by atoms with Crippen LogP contribution in [0.2, 0.25) is 0 Å². The molecule has 0 aliphatic rings. The van der Waals surface area contributed by atoms with Crippen molar-refractivity contribution >= 4 is 0 Å². The first-order chi connectivity index (χ1) is 6.69. The van der Waals surface area contributed by atoms with Crippen LogP contribution in [0, 0.1) is 11.3 Å². The lowest BCUT2D eigenvalue weighted by Crippen LogP contribution is -2.20. The first-order valence-corrected chi connectivity index (χ1v) is 4.33. The highest BCUT2D eigenvalue weighted by molar-refractivity contribution is 5.39. The Kier molecular flexibility index (Phi) is 3.46. The molecule has 14 heavy (non-hydrogen) atoms. The lowest BCUT2D eigenvalue weighted by atomic mass is 10.0. The molecule has 1 aromatic carbocycles. The monoisotopic (exact) mass is 191 g/mol. The summed E-state index contributed by atoms with van der Waals surface area (Å²) in [5.41, 5.74) is 12.5. The second-order valence-corrected chi connectivity index (χ2v) is 3.07. The highest BCUT2D eigenvalue weighted by Gasteiger charge is 2.09. The van der Waals surface area contributed by atoms with Crippen LogP contribution in [-0.4, -0.2) is 11.7 Å². The zero-order valence-electron chi connectivity index (χ0n) is 7.77. The minimum absolute atomic E-state index is 0.129. The third kappa shape index (κ3) is 2.22. The van der Waals surface area contributed by atoms with Gasteiger partial charge < -0.3 is 16.6 Å². The van der Waals surface area contributed by atoms with E-state index in [9.17, 15) is 5.11 Å². The summed E-state index contributed by atoms with van der Waals surface area (Å²) in [6, 6.07) is 6.61. The van der Waals surface area contributed by atoms with E-state index in [1.807, 2.05) is 6.07 Å². The normalized spacial score (nSPS) is 12.1. The average molecular weight is 191 g/mol. The lowest BCUT2D eigenvalue weighted by Gasteiger charge is -2.11. The number of hydrogen-bond acceptors (Lipinski definition) is 4. The summed E-state index contributed by atoms with van der Waals surface area (Å²) in [5, 5.41) is 18.0. The zero-order chi connectivity index (χ0) is 10.6. The number of hydrogen-bond donors (Lipinski definition) is 3. The van der Waals surface area contributed by atoms with Crippen LogP contribution in [0.4, 0.5) is 0 Å². The highest BCUT2D eigenvalue weighted by atomic mass is 16.3. The number of aromatic hydroxyl groups is 1. The van der Waals surface area contributed by atoms with Crippen molar-refractivity contribution in [1.82, 2.24) is 0 Å². The van der Waals surface area contributed by atoms with Crippen molar-refractivity contribution in [3.8, 4) is 11.8 Å². The summed E-state index contributed by atoms with van der Waals surface area (Å²) >= 11 is 0. The molecule has 0 saturated heterocycles. The van der Waals surface area contributed by atoms with Crippen LogP contribution in [0.15, 0.2) is 18.2 Å². The van der Waals surface area contributed by atoms with Crippen LogP contribution in [0.3, 0.4) is 0 Å². The number of phenols is 1. The Morgan fingerprint density at radius 2 is 2.21 bits per heavy atom. The third-order valence-electron chi connectivity index (χ3n) is 2.03. The molecule has 0 saturated carbocycles. The summed E-state index contributed by atoms with van der Waals surface area (Å²) in [4.78, 5) is 0. The summed E-state index contributed by atoms with van der Waals surface area (Å²) in [5.74, 6) is 0.129. The van der Waals surface area contributed by atoms with Gasteiger partial charge in [0.05, 0.1) is 12.5 Å².